The van der Waals surface area contributed by atoms with Crippen LogP contribution in [-0.4, -0.2) is 47.1 Å². The van der Waals surface area contributed by atoms with E-state index in [9.17, 15) is 14.7 Å². The van der Waals surface area contributed by atoms with E-state index in [0.29, 0.717) is 19.4 Å². The van der Waals surface area contributed by atoms with E-state index < -0.39 is 0 Å². The molecule has 1 saturated heterocycles. The number of nitrogens with zero attached hydrogens (tertiary/aromatic N) is 1. The van der Waals surface area contributed by atoms with Gasteiger partial charge in [0, 0.05) is 25.3 Å². The molecular formula is C22H30N2O3. The van der Waals surface area contributed by atoms with Crippen LogP contribution in [0.3, 0.4) is 0 Å². The number of aliphatic hydroxyl groups excluding tert-OH is 1. The molecule has 5 nitrogen and oxygen atoms in total. The molecule has 0 unspecified atom stereocenters. The Hall–Kier alpha value is -2.14. The van der Waals surface area contributed by atoms with E-state index >= 15 is 0 Å². The van der Waals surface area contributed by atoms with Crippen molar-refractivity contribution in [3.05, 3.63) is 41.5 Å². The van der Waals surface area contributed by atoms with Gasteiger partial charge in [0.15, 0.2) is 0 Å². The molecule has 146 valence electrons. The van der Waals surface area contributed by atoms with E-state index in [-0.39, 0.29) is 36.4 Å². The van der Waals surface area contributed by atoms with Gasteiger partial charge in [-0.2, -0.15) is 0 Å². The van der Waals surface area contributed by atoms with Gasteiger partial charge in [0.1, 0.15) is 0 Å². The first-order valence-electron chi connectivity index (χ1n) is 10.1. The molecule has 0 spiro atoms. The van der Waals surface area contributed by atoms with E-state index in [4.69, 9.17) is 0 Å². The first-order valence-corrected chi connectivity index (χ1v) is 10.1. The second kappa shape index (κ2) is 8.70. The Balaban J connectivity index is 1.81. The van der Waals surface area contributed by atoms with Crippen molar-refractivity contribution in [2.24, 2.45) is 0 Å². The summed E-state index contributed by atoms with van der Waals surface area (Å²) in [5.74, 6) is 0.0386. The molecule has 0 radical (unpaired) electrons. The topological polar surface area (TPSA) is 69.6 Å². The maximum atomic E-state index is 12.4. The smallest absolute Gasteiger partial charge is 0.222 e. The van der Waals surface area contributed by atoms with Gasteiger partial charge in [-0.15, -0.1) is 0 Å². The summed E-state index contributed by atoms with van der Waals surface area (Å²) in [6.07, 6.45) is 6.63. The van der Waals surface area contributed by atoms with Crippen LogP contribution in [0.4, 0.5) is 0 Å². The Morgan fingerprint density at radius 3 is 2.44 bits per heavy atom. The van der Waals surface area contributed by atoms with Gasteiger partial charge in [-0.1, -0.05) is 44.2 Å². The normalized spacial score (nSPS) is 24.3. The van der Waals surface area contributed by atoms with Gasteiger partial charge >= 0.3 is 0 Å². The molecule has 1 aromatic carbocycles. The predicted molar refractivity (Wildman–Crippen MR) is 106 cm³/mol. The molecule has 2 aliphatic rings. The van der Waals surface area contributed by atoms with Crippen molar-refractivity contribution in [2.75, 3.05) is 13.2 Å². The van der Waals surface area contributed by atoms with E-state index in [0.717, 1.165) is 18.4 Å². The molecule has 1 aliphatic carbocycles. The number of rotatable bonds is 7. The SMILES string of the molecule is CCC(=O)NC[C@@H]1[C@@H](c2ccc(C3=CCCC3)cc2)[C@@H](CO)N1C(=O)CC. The number of amides is 2. The van der Waals surface area contributed by atoms with Crippen molar-refractivity contribution < 1.29 is 14.7 Å². The van der Waals surface area contributed by atoms with E-state index in [1.54, 1.807) is 4.90 Å². The Morgan fingerprint density at radius 2 is 1.89 bits per heavy atom. The third-order valence-corrected chi connectivity index (χ3v) is 5.86. The van der Waals surface area contributed by atoms with Crippen molar-refractivity contribution >= 4 is 17.4 Å². The van der Waals surface area contributed by atoms with Gasteiger partial charge in [0.25, 0.3) is 0 Å². The summed E-state index contributed by atoms with van der Waals surface area (Å²) in [4.78, 5) is 25.9. The molecule has 3 atom stereocenters. The molecule has 0 saturated carbocycles. The van der Waals surface area contributed by atoms with E-state index in [1.807, 2.05) is 13.8 Å². The highest BCUT2D eigenvalue weighted by Crippen LogP contribution is 2.41. The zero-order valence-corrected chi connectivity index (χ0v) is 16.3. The molecule has 0 aromatic heterocycles. The van der Waals surface area contributed by atoms with Crippen LogP contribution in [0, 0.1) is 0 Å². The molecule has 2 N–H and O–H groups in total. The first-order chi connectivity index (χ1) is 13.1. The number of aliphatic hydroxyl groups is 1. The standard InChI is InChI=1S/C22H30N2O3/c1-3-20(26)23-13-18-22(19(14-25)24(18)21(27)4-2)17-11-9-16(10-12-17)15-7-5-6-8-15/h7,9-12,18-19,22,25H,3-6,8,13-14H2,1-2H3,(H,23,26)/t18-,19-,22-/m1/s1. The van der Waals surface area contributed by atoms with Crippen molar-refractivity contribution in [2.45, 2.75) is 64.0 Å². The molecule has 1 heterocycles. The fraction of sp³-hybridized carbons (Fsp3) is 0.545. The molecule has 2 amide bonds. The summed E-state index contributed by atoms with van der Waals surface area (Å²) in [7, 11) is 0. The first kappa shape index (κ1) is 19.6. The highest BCUT2D eigenvalue weighted by molar-refractivity contribution is 5.79. The number of carbonyl (C=O) groups excluding carboxylic acids is 2. The van der Waals surface area contributed by atoms with Gasteiger partial charge in [-0.3, -0.25) is 9.59 Å². The van der Waals surface area contributed by atoms with Gasteiger partial charge < -0.3 is 15.3 Å². The molecule has 5 heteroatoms. The summed E-state index contributed by atoms with van der Waals surface area (Å²) in [6, 6.07) is 8.19. The largest absolute Gasteiger partial charge is 0.394 e. The Labute approximate surface area is 161 Å². The van der Waals surface area contributed by atoms with Gasteiger partial charge in [-0.05, 0) is 36.0 Å². The second-order valence-electron chi connectivity index (χ2n) is 7.40. The summed E-state index contributed by atoms with van der Waals surface area (Å²) in [5.41, 5.74) is 3.78. The lowest BCUT2D eigenvalue weighted by molar-refractivity contribution is -0.150. The Morgan fingerprint density at radius 1 is 1.15 bits per heavy atom. The molecular weight excluding hydrogens is 340 g/mol. The van der Waals surface area contributed by atoms with Crippen LogP contribution in [0.25, 0.3) is 5.57 Å². The van der Waals surface area contributed by atoms with Crippen LogP contribution in [0.15, 0.2) is 30.3 Å². The lowest BCUT2D eigenvalue weighted by Crippen LogP contribution is -2.68. The Bertz CT molecular complexity index is 711. The third-order valence-electron chi connectivity index (χ3n) is 5.86. The molecule has 0 bridgehead atoms. The van der Waals surface area contributed by atoms with Gasteiger partial charge in [0.2, 0.25) is 11.8 Å². The number of hydrogen-bond acceptors (Lipinski definition) is 3. The fourth-order valence-corrected chi connectivity index (χ4v) is 4.37. The zero-order valence-electron chi connectivity index (χ0n) is 16.3. The third kappa shape index (κ3) is 3.93. The number of hydrogen-bond donors (Lipinski definition) is 2. The molecule has 1 aliphatic heterocycles. The van der Waals surface area contributed by atoms with Crippen molar-refractivity contribution in [3.8, 4) is 0 Å². The lowest BCUT2D eigenvalue weighted by atomic mass is 9.74. The van der Waals surface area contributed by atoms with Crippen LogP contribution < -0.4 is 5.32 Å². The summed E-state index contributed by atoms with van der Waals surface area (Å²) >= 11 is 0. The van der Waals surface area contributed by atoms with Crippen LogP contribution in [0.1, 0.15) is 63.0 Å². The average Bonchev–Trinajstić information content (AvgIpc) is 3.22. The maximum absolute atomic E-state index is 12.4. The van der Waals surface area contributed by atoms with Crippen LogP contribution in [0.2, 0.25) is 0 Å². The zero-order chi connectivity index (χ0) is 19.4. The van der Waals surface area contributed by atoms with Crippen molar-refractivity contribution in [3.63, 3.8) is 0 Å². The van der Waals surface area contributed by atoms with Crippen LogP contribution >= 0.6 is 0 Å². The number of likely N-dealkylation sites (tertiary alicyclic amines) is 1. The number of allylic oxidation sites excluding steroid dienone is 2. The summed E-state index contributed by atoms with van der Waals surface area (Å²) in [5, 5.41) is 12.8. The minimum Gasteiger partial charge on any atom is -0.394 e. The monoisotopic (exact) mass is 370 g/mol. The van der Waals surface area contributed by atoms with Crippen LogP contribution in [0.5, 0.6) is 0 Å². The number of carbonyl (C=O) groups is 2. The minimum atomic E-state index is -0.225. The maximum Gasteiger partial charge on any atom is 0.222 e. The molecule has 1 aromatic rings. The van der Waals surface area contributed by atoms with Crippen molar-refractivity contribution in [1.29, 1.82) is 0 Å². The fourth-order valence-electron chi connectivity index (χ4n) is 4.37. The Kier molecular flexibility index (Phi) is 6.32. The summed E-state index contributed by atoms with van der Waals surface area (Å²) < 4.78 is 0. The average molecular weight is 370 g/mol. The predicted octanol–water partition coefficient (Wildman–Crippen LogP) is 2.85. The van der Waals surface area contributed by atoms with Gasteiger partial charge in [-0.25, -0.2) is 0 Å². The number of nitrogens with one attached hydrogen (secondary N) is 1. The second-order valence-corrected chi connectivity index (χ2v) is 7.40. The summed E-state index contributed by atoms with van der Waals surface area (Å²) in [6.45, 7) is 4.00. The van der Waals surface area contributed by atoms with Crippen molar-refractivity contribution in [1.82, 2.24) is 10.2 Å². The highest BCUT2D eigenvalue weighted by Gasteiger charge is 2.50. The molecule has 27 heavy (non-hydrogen) atoms. The minimum absolute atomic E-state index is 0.0198. The highest BCUT2D eigenvalue weighted by atomic mass is 16.3. The van der Waals surface area contributed by atoms with E-state index in [2.05, 4.69) is 35.7 Å². The van der Waals surface area contributed by atoms with E-state index in [1.165, 1.54) is 17.6 Å². The van der Waals surface area contributed by atoms with Crippen LogP contribution in [-0.2, 0) is 9.59 Å². The molecule has 3 rings (SSSR count). The molecule has 1 fully saturated rings. The van der Waals surface area contributed by atoms with Gasteiger partial charge in [0.05, 0.1) is 18.7 Å². The lowest BCUT2D eigenvalue weighted by Gasteiger charge is -2.55. The quantitative estimate of drug-likeness (QED) is 0.775. The number of benzene rings is 1.